The Morgan fingerprint density at radius 2 is 2.05 bits per heavy atom. The van der Waals surface area contributed by atoms with Crippen molar-refractivity contribution in [2.45, 2.75) is 19.5 Å². The number of nitrogens with zero attached hydrogens (tertiary/aromatic N) is 3. The lowest BCUT2D eigenvalue weighted by molar-refractivity contribution is 0.268. The molecule has 0 saturated heterocycles. The van der Waals surface area contributed by atoms with Gasteiger partial charge in [-0.15, -0.1) is 0 Å². The minimum absolute atomic E-state index is 0.312. The molecule has 0 fully saturated rings. The average Bonchev–Trinajstić information content (AvgIpc) is 2.92. The van der Waals surface area contributed by atoms with Crippen molar-refractivity contribution in [2.75, 3.05) is 19.1 Å². The highest BCUT2D eigenvalue weighted by atomic mass is 32.2. The molecule has 1 aromatic heterocycles. The second-order valence-corrected chi connectivity index (χ2v) is 6.60. The summed E-state index contributed by atoms with van der Waals surface area (Å²) >= 11 is 0. The Hall–Kier alpha value is -1.46. The zero-order chi connectivity index (χ0) is 14.5. The van der Waals surface area contributed by atoms with Gasteiger partial charge in [-0.2, -0.15) is 5.10 Å². The summed E-state index contributed by atoms with van der Waals surface area (Å²) in [5, 5.41) is 4.21. The van der Waals surface area contributed by atoms with Crippen LogP contribution in [0.2, 0.25) is 0 Å². The van der Waals surface area contributed by atoms with Crippen molar-refractivity contribution in [1.29, 1.82) is 0 Å². The Balaban J connectivity index is 1.98. The molecule has 1 aromatic carbocycles. The van der Waals surface area contributed by atoms with E-state index in [4.69, 9.17) is 0 Å². The van der Waals surface area contributed by atoms with Crippen LogP contribution in [0.3, 0.4) is 0 Å². The quantitative estimate of drug-likeness (QED) is 0.818. The first-order chi connectivity index (χ1) is 9.56. The van der Waals surface area contributed by atoms with Crippen molar-refractivity contribution in [2.24, 2.45) is 0 Å². The van der Waals surface area contributed by atoms with Crippen LogP contribution in [0.15, 0.2) is 42.7 Å². The number of rotatable bonds is 6. The molecule has 2 aromatic rings. The van der Waals surface area contributed by atoms with Gasteiger partial charge in [0.15, 0.2) is 0 Å². The minimum Gasteiger partial charge on any atom is -0.299 e. The van der Waals surface area contributed by atoms with E-state index in [9.17, 15) is 4.21 Å². The van der Waals surface area contributed by atoms with Gasteiger partial charge in [0.25, 0.3) is 0 Å². The van der Waals surface area contributed by atoms with Crippen molar-refractivity contribution in [3.05, 3.63) is 48.3 Å². The largest absolute Gasteiger partial charge is 0.299 e. The number of aromatic nitrogens is 2. The van der Waals surface area contributed by atoms with Crippen LogP contribution in [0.4, 0.5) is 0 Å². The summed E-state index contributed by atoms with van der Waals surface area (Å²) in [6.45, 7) is 2.97. The Morgan fingerprint density at radius 1 is 1.35 bits per heavy atom. The molecule has 0 N–H and O–H groups in total. The van der Waals surface area contributed by atoms with Gasteiger partial charge in [-0.25, -0.2) is 4.68 Å². The van der Waals surface area contributed by atoms with Crippen LogP contribution in [0.25, 0.3) is 5.69 Å². The predicted octanol–water partition coefficient (Wildman–Crippen LogP) is 2.07. The Kier molecular flexibility index (Phi) is 5.09. The van der Waals surface area contributed by atoms with Gasteiger partial charge >= 0.3 is 0 Å². The van der Waals surface area contributed by atoms with E-state index in [1.54, 1.807) is 12.5 Å². The normalized spacial score (nSPS) is 14.4. The van der Waals surface area contributed by atoms with Gasteiger partial charge < -0.3 is 0 Å². The van der Waals surface area contributed by atoms with E-state index in [1.807, 2.05) is 16.9 Å². The molecule has 1 heterocycles. The van der Waals surface area contributed by atoms with Crippen molar-refractivity contribution in [3.63, 3.8) is 0 Å². The molecule has 0 aliphatic heterocycles. The molecule has 108 valence electrons. The summed E-state index contributed by atoms with van der Waals surface area (Å²) in [7, 11) is 1.32. The van der Waals surface area contributed by atoms with Crippen LogP contribution in [0.1, 0.15) is 12.5 Å². The smallest absolute Gasteiger partial charge is 0.0645 e. The van der Waals surface area contributed by atoms with Crippen LogP contribution < -0.4 is 0 Å². The van der Waals surface area contributed by atoms with Gasteiger partial charge in [-0.05, 0) is 37.7 Å². The van der Waals surface area contributed by atoms with Gasteiger partial charge in [0, 0.05) is 47.8 Å². The van der Waals surface area contributed by atoms with E-state index in [1.165, 1.54) is 5.56 Å². The summed E-state index contributed by atoms with van der Waals surface area (Å²) in [4.78, 5) is 2.23. The van der Waals surface area contributed by atoms with E-state index in [0.29, 0.717) is 11.8 Å². The van der Waals surface area contributed by atoms with Gasteiger partial charge in [0.1, 0.15) is 0 Å². The van der Waals surface area contributed by atoms with E-state index in [0.717, 1.165) is 12.2 Å². The Labute approximate surface area is 122 Å². The number of hydrogen-bond acceptors (Lipinski definition) is 3. The molecule has 0 aliphatic rings. The van der Waals surface area contributed by atoms with E-state index >= 15 is 0 Å². The first-order valence-electron chi connectivity index (χ1n) is 6.65. The number of hydrogen-bond donors (Lipinski definition) is 0. The third-order valence-electron chi connectivity index (χ3n) is 3.37. The average molecular weight is 291 g/mol. The van der Waals surface area contributed by atoms with Crippen LogP contribution in [0.5, 0.6) is 0 Å². The van der Waals surface area contributed by atoms with Crippen molar-refractivity contribution in [3.8, 4) is 5.69 Å². The van der Waals surface area contributed by atoms with Crippen molar-refractivity contribution < 1.29 is 4.21 Å². The summed E-state index contributed by atoms with van der Waals surface area (Å²) in [6, 6.07) is 10.6. The monoisotopic (exact) mass is 291 g/mol. The molecule has 20 heavy (non-hydrogen) atoms. The SMILES string of the molecule is CC(CS(C)=O)N(C)Cc1ccc(-n2cccn2)cc1. The minimum atomic E-state index is -0.751. The van der Waals surface area contributed by atoms with Gasteiger partial charge in [0.05, 0.1) is 5.69 Å². The molecule has 0 bridgehead atoms. The van der Waals surface area contributed by atoms with Crippen LogP contribution in [-0.2, 0) is 17.3 Å². The van der Waals surface area contributed by atoms with Crippen LogP contribution in [0, 0.1) is 0 Å². The second kappa shape index (κ2) is 6.81. The molecule has 0 saturated carbocycles. The van der Waals surface area contributed by atoms with E-state index < -0.39 is 10.8 Å². The van der Waals surface area contributed by atoms with Crippen molar-refractivity contribution in [1.82, 2.24) is 14.7 Å². The molecule has 0 spiro atoms. The third-order valence-corrected chi connectivity index (χ3v) is 4.32. The Morgan fingerprint density at radius 3 is 2.60 bits per heavy atom. The zero-order valence-corrected chi connectivity index (χ0v) is 13.0. The van der Waals surface area contributed by atoms with Gasteiger partial charge in [-0.3, -0.25) is 9.11 Å². The van der Waals surface area contributed by atoms with Gasteiger partial charge in [-0.1, -0.05) is 12.1 Å². The molecule has 2 atom stereocenters. The molecule has 0 radical (unpaired) electrons. The fourth-order valence-corrected chi connectivity index (χ4v) is 3.02. The standard InChI is InChI=1S/C15H21N3OS/c1-13(12-20(3)19)17(2)11-14-5-7-15(8-6-14)18-10-4-9-16-18/h4-10,13H,11-12H2,1-3H3. The lowest BCUT2D eigenvalue weighted by atomic mass is 10.2. The topological polar surface area (TPSA) is 38.1 Å². The molecule has 0 aliphatic carbocycles. The summed E-state index contributed by atoms with van der Waals surface area (Å²) in [5.74, 6) is 0.710. The maximum atomic E-state index is 11.3. The summed E-state index contributed by atoms with van der Waals surface area (Å²) < 4.78 is 13.1. The van der Waals surface area contributed by atoms with Gasteiger partial charge in [0.2, 0.25) is 0 Å². The predicted molar refractivity (Wildman–Crippen MR) is 83.4 cm³/mol. The molecule has 5 heteroatoms. The Bertz CT molecular complexity index is 551. The lowest BCUT2D eigenvalue weighted by Gasteiger charge is -2.24. The summed E-state index contributed by atoms with van der Waals surface area (Å²) in [5.41, 5.74) is 2.31. The highest BCUT2D eigenvalue weighted by Crippen LogP contribution is 2.11. The molecular weight excluding hydrogens is 270 g/mol. The molecule has 0 amide bonds. The molecule has 4 nitrogen and oxygen atoms in total. The maximum absolute atomic E-state index is 11.3. The van der Waals surface area contributed by atoms with E-state index in [2.05, 4.69) is 48.2 Å². The van der Waals surface area contributed by atoms with E-state index in [-0.39, 0.29) is 0 Å². The van der Waals surface area contributed by atoms with Crippen LogP contribution >= 0.6 is 0 Å². The lowest BCUT2D eigenvalue weighted by Crippen LogP contribution is -2.32. The fourth-order valence-electron chi connectivity index (χ4n) is 2.09. The summed E-state index contributed by atoms with van der Waals surface area (Å²) in [6.07, 6.45) is 5.46. The zero-order valence-electron chi connectivity index (χ0n) is 12.2. The van der Waals surface area contributed by atoms with Crippen LogP contribution in [-0.4, -0.2) is 44.0 Å². The highest BCUT2D eigenvalue weighted by molar-refractivity contribution is 7.84. The molecular formula is C15H21N3OS. The molecule has 2 rings (SSSR count). The molecule has 2 unspecified atom stereocenters. The second-order valence-electron chi connectivity index (χ2n) is 5.12. The third kappa shape index (κ3) is 4.02. The first-order valence-corrected chi connectivity index (χ1v) is 8.38. The number of benzene rings is 1. The fraction of sp³-hybridized carbons (Fsp3) is 0.400. The first kappa shape index (κ1) is 14.9. The highest BCUT2D eigenvalue weighted by Gasteiger charge is 2.11. The maximum Gasteiger partial charge on any atom is 0.0645 e. The van der Waals surface area contributed by atoms with Crippen molar-refractivity contribution >= 4 is 10.8 Å².